The molecule has 0 saturated carbocycles. The van der Waals surface area contributed by atoms with Crippen LogP contribution >= 0.6 is 0 Å². The zero-order chi connectivity index (χ0) is 17.6. The second-order valence-corrected chi connectivity index (χ2v) is 5.39. The first kappa shape index (κ1) is 14.9. The number of rotatable bonds is 3. The molecule has 10 nitrogen and oxygen atoms in total. The minimum absolute atomic E-state index is 0.229. The van der Waals surface area contributed by atoms with Gasteiger partial charge in [-0.1, -0.05) is 0 Å². The second kappa shape index (κ2) is 5.44. The van der Waals surface area contributed by atoms with Gasteiger partial charge in [-0.25, -0.2) is 15.0 Å². The number of fused-ring (bicyclic) bond motifs is 1. The molecule has 0 N–H and O–H groups in total. The molecule has 25 heavy (non-hydrogen) atoms. The summed E-state index contributed by atoms with van der Waals surface area (Å²) in [4.78, 5) is 27.8. The van der Waals surface area contributed by atoms with Crippen LogP contribution in [0.1, 0.15) is 5.82 Å². The van der Waals surface area contributed by atoms with Crippen LogP contribution in [0.25, 0.3) is 28.2 Å². The van der Waals surface area contributed by atoms with E-state index in [4.69, 9.17) is 0 Å². The Hall–Kier alpha value is -3.69. The third kappa shape index (κ3) is 2.40. The number of nitro groups is 1. The lowest BCUT2D eigenvalue weighted by Crippen LogP contribution is -2.02. The molecule has 4 heterocycles. The van der Waals surface area contributed by atoms with Gasteiger partial charge in [0.1, 0.15) is 22.7 Å². The number of aryl methyl sites for hydroxylation is 2. The molecule has 0 radical (unpaired) electrons. The lowest BCUT2D eigenvalue weighted by atomic mass is 10.3. The first-order valence-electron chi connectivity index (χ1n) is 7.35. The third-order valence-electron chi connectivity index (χ3n) is 3.72. The molecule has 0 fully saturated rings. The van der Waals surface area contributed by atoms with Crippen molar-refractivity contribution >= 4 is 16.9 Å². The molecule has 0 unspecified atom stereocenters. The van der Waals surface area contributed by atoms with E-state index in [0.717, 1.165) is 16.9 Å². The summed E-state index contributed by atoms with van der Waals surface area (Å²) < 4.78 is 3.22. The number of imidazole rings is 1. The van der Waals surface area contributed by atoms with Gasteiger partial charge in [0, 0.05) is 12.4 Å². The van der Waals surface area contributed by atoms with Crippen molar-refractivity contribution in [2.75, 3.05) is 0 Å². The first-order valence-corrected chi connectivity index (χ1v) is 7.35. The summed E-state index contributed by atoms with van der Waals surface area (Å²) in [6.07, 6.45) is 6.43. The Kier molecular flexibility index (Phi) is 3.24. The van der Waals surface area contributed by atoms with Crippen LogP contribution < -0.4 is 0 Å². The highest BCUT2D eigenvalue weighted by Crippen LogP contribution is 2.26. The van der Waals surface area contributed by atoms with Crippen molar-refractivity contribution in [1.29, 1.82) is 0 Å². The van der Waals surface area contributed by atoms with Gasteiger partial charge in [0.2, 0.25) is 0 Å². The van der Waals surface area contributed by atoms with Gasteiger partial charge < -0.3 is 10.1 Å². The summed E-state index contributed by atoms with van der Waals surface area (Å²) in [5, 5.41) is 15.1. The molecule has 0 atom stereocenters. The topological polar surface area (TPSA) is 117 Å². The standard InChI is InChI=1S/C15H12N8O2/c1-9-18-11-7-16-5-3-12(11)22(9)13-4-6-17-14(19-13)10-8-21(2)20-15(10)23(24)25/h3-8H,1-2H3. The normalized spacial score (nSPS) is 11.1. The van der Waals surface area contributed by atoms with E-state index in [1.165, 1.54) is 10.9 Å². The van der Waals surface area contributed by atoms with Crippen LogP contribution in [0.15, 0.2) is 36.9 Å². The maximum atomic E-state index is 11.2. The van der Waals surface area contributed by atoms with Gasteiger partial charge in [0.25, 0.3) is 0 Å². The van der Waals surface area contributed by atoms with E-state index >= 15 is 0 Å². The van der Waals surface area contributed by atoms with E-state index in [0.29, 0.717) is 5.82 Å². The van der Waals surface area contributed by atoms with Gasteiger partial charge >= 0.3 is 5.82 Å². The average molecular weight is 336 g/mol. The number of aromatic nitrogens is 7. The van der Waals surface area contributed by atoms with Crippen molar-refractivity contribution in [1.82, 2.24) is 34.3 Å². The fourth-order valence-electron chi connectivity index (χ4n) is 2.71. The van der Waals surface area contributed by atoms with Crippen molar-refractivity contribution in [2.24, 2.45) is 7.05 Å². The van der Waals surface area contributed by atoms with Crippen LogP contribution in [0.3, 0.4) is 0 Å². The van der Waals surface area contributed by atoms with Crippen LogP contribution in [-0.4, -0.2) is 39.2 Å². The molecular formula is C15H12N8O2. The molecule has 0 aromatic carbocycles. The molecule has 0 spiro atoms. The van der Waals surface area contributed by atoms with Gasteiger partial charge in [-0.2, -0.15) is 4.68 Å². The molecule has 4 aromatic heterocycles. The quantitative estimate of drug-likeness (QED) is 0.413. The minimum atomic E-state index is -0.547. The van der Waals surface area contributed by atoms with Crippen molar-refractivity contribution in [3.05, 3.63) is 52.9 Å². The van der Waals surface area contributed by atoms with E-state index < -0.39 is 4.92 Å². The lowest BCUT2D eigenvalue weighted by molar-refractivity contribution is -0.389. The van der Waals surface area contributed by atoms with E-state index in [2.05, 4.69) is 25.0 Å². The minimum Gasteiger partial charge on any atom is -0.358 e. The number of hydrogen-bond acceptors (Lipinski definition) is 7. The summed E-state index contributed by atoms with van der Waals surface area (Å²) in [6.45, 7) is 1.86. The smallest absolute Gasteiger partial charge is 0.358 e. The summed E-state index contributed by atoms with van der Waals surface area (Å²) in [5.74, 6) is 1.24. The van der Waals surface area contributed by atoms with Crippen LogP contribution in [-0.2, 0) is 7.05 Å². The Morgan fingerprint density at radius 1 is 1.20 bits per heavy atom. The van der Waals surface area contributed by atoms with Crippen molar-refractivity contribution in [3.8, 4) is 17.2 Å². The zero-order valence-corrected chi connectivity index (χ0v) is 13.4. The number of hydrogen-bond donors (Lipinski definition) is 0. The van der Waals surface area contributed by atoms with Gasteiger partial charge in [-0.15, -0.1) is 0 Å². The highest BCUT2D eigenvalue weighted by molar-refractivity contribution is 5.77. The fourth-order valence-corrected chi connectivity index (χ4v) is 2.71. The fraction of sp³-hybridized carbons (Fsp3) is 0.133. The maximum Gasteiger partial charge on any atom is 0.401 e. The Balaban J connectivity index is 1.91. The maximum absolute atomic E-state index is 11.2. The van der Waals surface area contributed by atoms with Gasteiger partial charge in [0.15, 0.2) is 5.82 Å². The molecule has 0 bridgehead atoms. The van der Waals surface area contributed by atoms with Crippen LogP contribution in [0, 0.1) is 17.0 Å². The molecule has 10 heteroatoms. The Morgan fingerprint density at radius 2 is 2.04 bits per heavy atom. The molecule has 4 rings (SSSR count). The van der Waals surface area contributed by atoms with E-state index in [-0.39, 0.29) is 17.2 Å². The van der Waals surface area contributed by atoms with Crippen LogP contribution in [0.2, 0.25) is 0 Å². The average Bonchev–Trinajstić information content (AvgIpc) is 3.14. The molecule has 4 aromatic rings. The molecule has 0 aliphatic carbocycles. The predicted molar refractivity (Wildman–Crippen MR) is 88.0 cm³/mol. The molecule has 0 saturated heterocycles. The van der Waals surface area contributed by atoms with Crippen molar-refractivity contribution in [3.63, 3.8) is 0 Å². The highest BCUT2D eigenvalue weighted by Gasteiger charge is 2.23. The highest BCUT2D eigenvalue weighted by atomic mass is 16.6. The summed E-state index contributed by atoms with van der Waals surface area (Å²) >= 11 is 0. The van der Waals surface area contributed by atoms with Gasteiger partial charge in [0.05, 0.1) is 30.1 Å². The van der Waals surface area contributed by atoms with E-state index in [9.17, 15) is 10.1 Å². The Morgan fingerprint density at radius 3 is 2.84 bits per heavy atom. The van der Waals surface area contributed by atoms with Crippen molar-refractivity contribution in [2.45, 2.75) is 6.92 Å². The summed E-state index contributed by atoms with van der Waals surface area (Å²) in [6, 6.07) is 3.56. The molecular weight excluding hydrogens is 324 g/mol. The summed E-state index contributed by atoms with van der Waals surface area (Å²) in [7, 11) is 1.61. The third-order valence-corrected chi connectivity index (χ3v) is 3.72. The van der Waals surface area contributed by atoms with Crippen LogP contribution in [0.4, 0.5) is 5.82 Å². The summed E-state index contributed by atoms with van der Waals surface area (Å²) in [5.41, 5.74) is 1.85. The lowest BCUT2D eigenvalue weighted by Gasteiger charge is -2.06. The monoisotopic (exact) mass is 336 g/mol. The zero-order valence-electron chi connectivity index (χ0n) is 13.4. The Bertz CT molecular complexity index is 1110. The molecule has 0 aliphatic heterocycles. The van der Waals surface area contributed by atoms with E-state index in [1.54, 1.807) is 31.7 Å². The van der Waals surface area contributed by atoms with Crippen LogP contribution in [0.5, 0.6) is 0 Å². The number of pyridine rings is 1. The van der Waals surface area contributed by atoms with Gasteiger partial charge in [-0.05, 0) is 24.0 Å². The Labute approximate surface area is 141 Å². The van der Waals surface area contributed by atoms with Crippen molar-refractivity contribution < 1.29 is 4.92 Å². The predicted octanol–water partition coefficient (Wildman–Crippen LogP) is 1.83. The number of nitrogens with zero attached hydrogens (tertiary/aromatic N) is 8. The second-order valence-electron chi connectivity index (χ2n) is 5.39. The van der Waals surface area contributed by atoms with Gasteiger partial charge in [-0.3, -0.25) is 9.55 Å². The molecule has 124 valence electrons. The first-order chi connectivity index (χ1) is 12.0. The largest absolute Gasteiger partial charge is 0.401 e. The molecule has 0 amide bonds. The molecule has 0 aliphatic rings. The van der Waals surface area contributed by atoms with E-state index in [1.807, 2.05) is 17.6 Å². The SMILES string of the molecule is Cc1nc2cnccc2n1-c1ccnc(-c2cn(C)nc2[N+](=O)[O-])n1.